The summed E-state index contributed by atoms with van der Waals surface area (Å²) in [6.45, 7) is 0.744. The van der Waals surface area contributed by atoms with E-state index < -0.39 is 0 Å². The highest BCUT2D eigenvalue weighted by Crippen LogP contribution is 2.25. The second kappa shape index (κ2) is 4.83. The Morgan fingerprint density at radius 2 is 2.06 bits per heavy atom. The van der Waals surface area contributed by atoms with E-state index in [1.54, 1.807) is 6.07 Å². The van der Waals surface area contributed by atoms with Crippen LogP contribution in [-0.2, 0) is 6.54 Å². The van der Waals surface area contributed by atoms with Crippen LogP contribution in [0.2, 0.25) is 0 Å². The minimum atomic E-state index is -0.308. The fraction of sp³-hybridized carbons (Fsp3) is 0.538. The van der Waals surface area contributed by atoms with E-state index in [2.05, 4.69) is 11.9 Å². The number of halogens is 1. The molecule has 1 aromatic rings. The average Bonchev–Trinajstić information content (AvgIpc) is 2.78. The molecule has 0 bridgehead atoms. The Balaban J connectivity index is 2.05. The molecule has 16 heavy (non-hydrogen) atoms. The van der Waals surface area contributed by atoms with Gasteiger partial charge in [-0.15, -0.1) is 0 Å². The maximum Gasteiger partial charge on any atom is 0.146 e. The maximum absolute atomic E-state index is 13.3. The molecule has 1 aliphatic rings. The van der Waals surface area contributed by atoms with E-state index in [0.29, 0.717) is 11.7 Å². The van der Waals surface area contributed by atoms with Gasteiger partial charge in [0.05, 0.1) is 5.69 Å². The van der Waals surface area contributed by atoms with Crippen LogP contribution < -0.4 is 5.73 Å². The smallest absolute Gasteiger partial charge is 0.146 e. The van der Waals surface area contributed by atoms with Crippen molar-refractivity contribution in [2.24, 2.45) is 0 Å². The lowest BCUT2D eigenvalue weighted by molar-refractivity contribution is 0.237. The molecule has 0 saturated heterocycles. The third kappa shape index (κ3) is 2.35. The van der Waals surface area contributed by atoms with E-state index in [1.165, 1.54) is 31.7 Å². The van der Waals surface area contributed by atoms with Gasteiger partial charge in [0.25, 0.3) is 0 Å². The van der Waals surface area contributed by atoms with Gasteiger partial charge in [-0.3, -0.25) is 4.90 Å². The van der Waals surface area contributed by atoms with Gasteiger partial charge in [0, 0.05) is 12.6 Å². The van der Waals surface area contributed by atoms with E-state index in [0.717, 1.165) is 12.1 Å². The zero-order valence-corrected chi connectivity index (χ0v) is 9.75. The fourth-order valence-corrected chi connectivity index (χ4v) is 2.46. The Hall–Kier alpha value is -1.09. The monoisotopic (exact) mass is 222 g/mol. The third-order valence-electron chi connectivity index (χ3n) is 3.51. The SMILES string of the molecule is CN(Cc1cccc(F)c1N)C1CCCC1. The normalized spacial score (nSPS) is 17.2. The average molecular weight is 222 g/mol. The molecule has 0 aliphatic heterocycles. The highest BCUT2D eigenvalue weighted by atomic mass is 19.1. The summed E-state index contributed by atoms with van der Waals surface area (Å²) in [7, 11) is 2.10. The molecule has 0 unspecified atom stereocenters. The maximum atomic E-state index is 13.3. The Labute approximate surface area is 96.2 Å². The molecule has 1 aliphatic carbocycles. The van der Waals surface area contributed by atoms with Gasteiger partial charge < -0.3 is 5.73 Å². The van der Waals surface area contributed by atoms with E-state index >= 15 is 0 Å². The van der Waals surface area contributed by atoms with Crippen molar-refractivity contribution < 1.29 is 4.39 Å². The predicted molar refractivity (Wildman–Crippen MR) is 64.5 cm³/mol. The van der Waals surface area contributed by atoms with Crippen molar-refractivity contribution >= 4 is 5.69 Å². The fourth-order valence-electron chi connectivity index (χ4n) is 2.46. The quantitative estimate of drug-likeness (QED) is 0.797. The van der Waals surface area contributed by atoms with Gasteiger partial charge in [0.2, 0.25) is 0 Å². The minimum absolute atomic E-state index is 0.298. The van der Waals surface area contributed by atoms with Crippen LogP contribution in [0, 0.1) is 5.82 Å². The van der Waals surface area contributed by atoms with Crippen LogP contribution in [0.1, 0.15) is 31.2 Å². The van der Waals surface area contributed by atoms with Crippen molar-refractivity contribution in [1.29, 1.82) is 0 Å². The van der Waals surface area contributed by atoms with Crippen molar-refractivity contribution in [3.8, 4) is 0 Å². The number of anilines is 1. The molecule has 0 spiro atoms. The number of para-hydroxylation sites is 1. The first kappa shape index (κ1) is 11.4. The van der Waals surface area contributed by atoms with Gasteiger partial charge in [0.1, 0.15) is 5.82 Å². The molecule has 1 aromatic carbocycles. The molecule has 2 nitrogen and oxygen atoms in total. The van der Waals surface area contributed by atoms with Crippen molar-refractivity contribution in [3.05, 3.63) is 29.6 Å². The Morgan fingerprint density at radius 1 is 1.38 bits per heavy atom. The van der Waals surface area contributed by atoms with Gasteiger partial charge in [-0.1, -0.05) is 25.0 Å². The van der Waals surface area contributed by atoms with Gasteiger partial charge >= 0.3 is 0 Å². The first-order chi connectivity index (χ1) is 7.68. The van der Waals surface area contributed by atoms with E-state index in [1.807, 2.05) is 6.07 Å². The molecule has 0 radical (unpaired) electrons. The van der Waals surface area contributed by atoms with E-state index in [-0.39, 0.29) is 5.82 Å². The number of benzene rings is 1. The molecule has 1 saturated carbocycles. The summed E-state index contributed by atoms with van der Waals surface area (Å²) >= 11 is 0. The molecule has 0 amide bonds. The molecule has 88 valence electrons. The minimum Gasteiger partial charge on any atom is -0.396 e. The van der Waals surface area contributed by atoms with Crippen molar-refractivity contribution in [2.75, 3.05) is 12.8 Å². The van der Waals surface area contributed by atoms with Crippen LogP contribution >= 0.6 is 0 Å². The standard InChI is InChI=1S/C13H19FN2/c1-16(11-6-2-3-7-11)9-10-5-4-8-12(14)13(10)15/h4-5,8,11H,2-3,6-7,9,15H2,1H3. The van der Waals surface area contributed by atoms with Gasteiger partial charge in [-0.05, 0) is 31.5 Å². The Kier molecular flexibility index (Phi) is 3.44. The van der Waals surface area contributed by atoms with Crippen LogP contribution in [0.15, 0.2) is 18.2 Å². The summed E-state index contributed by atoms with van der Waals surface area (Å²) in [6, 6.07) is 5.68. The molecular formula is C13H19FN2. The highest BCUT2D eigenvalue weighted by Gasteiger charge is 2.20. The summed E-state index contributed by atoms with van der Waals surface area (Å²) < 4.78 is 13.3. The molecule has 0 atom stereocenters. The van der Waals surface area contributed by atoms with Crippen LogP contribution in [0.4, 0.5) is 10.1 Å². The lowest BCUT2D eigenvalue weighted by Crippen LogP contribution is -2.28. The van der Waals surface area contributed by atoms with Crippen molar-refractivity contribution in [3.63, 3.8) is 0 Å². The van der Waals surface area contributed by atoms with E-state index in [4.69, 9.17) is 5.73 Å². The zero-order valence-electron chi connectivity index (χ0n) is 9.75. The van der Waals surface area contributed by atoms with Gasteiger partial charge in [-0.2, -0.15) is 0 Å². The van der Waals surface area contributed by atoms with Crippen LogP contribution in [0.25, 0.3) is 0 Å². The topological polar surface area (TPSA) is 29.3 Å². The summed E-state index contributed by atoms with van der Waals surface area (Å²) in [5.41, 5.74) is 6.92. The first-order valence-corrected chi connectivity index (χ1v) is 5.91. The number of nitrogens with zero attached hydrogens (tertiary/aromatic N) is 1. The van der Waals surface area contributed by atoms with Crippen molar-refractivity contribution in [1.82, 2.24) is 4.90 Å². The predicted octanol–water partition coefficient (Wildman–Crippen LogP) is 2.78. The molecule has 0 heterocycles. The Morgan fingerprint density at radius 3 is 2.75 bits per heavy atom. The molecular weight excluding hydrogens is 203 g/mol. The summed E-state index contributed by atoms with van der Waals surface area (Å²) in [6.07, 6.45) is 5.14. The molecule has 3 heteroatoms. The number of nitrogens with two attached hydrogens (primary N) is 1. The highest BCUT2D eigenvalue weighted by molar-refractivity contribution is 5.47. The number of nitrogen functional groups attached to an aromatic ring is 1. The second-order valence-corrected chi connectivity index (χ2v) is 4.67. The molecule has 2 N–H and O–H groups in total. The lowest BCUT2D eigenvalue weighted by Gasteiger charge is -2.24. The summed E-state index contributed by atoms with van der Waals surface area (Å²) in [5.74, 6) is -0.308. The van der Waals surface area contributed by atoms with Crippen LogP contribution in [-0.4, -0.2) is 18.0 Å². The number of rotatable bonds is 3. The van der Waals surface area contributed by atoms with Gasteiger partial charge in [0.15, 0.2) is 0 Å². The second-order valence-electron chi connectivity index (χ2n) is 4.67. The van der Waals surface area contributed by atoms with Crippen LogP contribution in [0.3, 0.4) is 0 Å². The van der Waals surface area contributed by atoms with Gasteiger partial charge in [-0.25, -0.2) is 4.39 Å². The van der Waals surface area contributed by atoms with Crippen molar-refractivity contribution in [2.45, 2.75) is 38.3 Å². The zero-order chi connectivity index (χ0) is 11.5. The first-order valence-electron chi connectivity index (χ1n) is 5.91. The number of hydrogen-bond acceptors (Lipinski definition) is 2. The van der Waals surface area contributed by atoms with Crippen LogP contribution in [0.5, 0.6) is 0 Å². The summed E-state index contributed by atoms with van der Waals surface area (Å²) in [4.78, 5) is 2.29. The Bertz CT molecular complexity index is 359. The lowest BCUT2D eigenvalue weighted by atomic mass is 10.1. The molecule has 0 aromatic heterocycles. The molecule has 2 rings (SSSR count). The molecule has 1 fully saturated rings. The van der Waals surface area contributed by atoms with E-state index in [9.17, 15) is 4.39 Å². The largest absolute Gasteiger partial charge is 0.396 e. The number of hydrogen-bond donors (Lipinski definition) is 1. The third-order valence-corrected chi connectivity index (χ3v) is 3.51. The summed E-state index contributed by atoms with van der Waals surface area (Å²) in [5, 5.41) is 0.